The van der Waals surface area contributed by atoms with Crippen LogP contribution < -0.4 is 5.32 Å². The van der Waals surface area contributed by atoms with Crippen LogP contribution in [-0.4, -0.2) is 33.4 Å². The molecule has 0 aliphatic rings. The normalized spacial score (nSPS) is 11.8. The third-order valence-corrected chi connectivity index (χ3v) is 3.97. The Morgan fingerprint density at radius 2 is 2.00 bits per heavy atom. The zero-order valence-electron chi connectivity index (χ0n) is 12.2. The quantitative estimate of drug-likeness (QED) is 0.941. The lowest BCUT2D eigenvalue weighted by molar-refractivity contribution is 0.220. The number of hydrogen-bond donors (Lipinski definition) is 1. The van der Waals surface area contributed by atoms with Crippen LogP contribution in [0.1, 0.15) is 5.56 Å². The van der Waals surface area contributed by atoms with Crippen LogP contribution in [0.2, 0.25) is 0 Å². The standard InChI is InChI=1S/C15H16FN3O2S/c1-19(10-11-3-5-12(6-4-11)22(2)21)15(20)18-14-7-8-17-9-13(14)16/h3-9H,10H2,1-2H3,(H,17,18,20). The molecule has 2 amide bonds. The monoisotopic (exact) mass is 321 g/mol. The molecule has 1 aromatic heterocycles. The molecule has 0 aliphatic heterocycles. The van der Waals surface area contributed by atoms with Crippen molar-refractivity contribution in [3.63, 3.8) is 0 Å². The van der Waals surface area contributed by atoms with Crippen molar-refractivity contribution >= 4 is 22.5 Å². The van der Waals surface area contributed by atoms with Crippen molar-refractivity contribution in [3.8, 4) is 0 Å². The molecule has 1 heterocycles. The molecule has 2 rings (SSSR count). The maximum Gasteiger partial charge on any atom is 0.321 e. The van der Waals surface area contributed by atoms with E-state index < -0.39 is 22.6 Å². The van der Waals surface area contributed by atoms with Crippen molar-refractivity contribution < 1.29 is 13.4 Å². The lowest BCUT2D eigenvalue weighted by Gasteiger charge is -2.18. The number of benzene rings is 1. The Morgan fingerprint density at radius 1 is 1.32 bits per heavy atom. The molecular formula is C15H16FN3O2S. The highest BCUT2D eigenvalue weighted by Crippen LogP contribution is 2.13. The van der Waals surface area contributed by atoms with E-state index in [1.165, 1.54) is 17.2 Å². The zero-order valence-corrected chi connectivity index (χ0v) is 13.1. The molecule has 0 aliphatic carbocycles. The predicted molar refractivity (Wildman–Crippen MR) is 83.5 cm³/mol. The minimum atomic E-state index is -1.03. The number of rotatable bonds is 4. The summed E-state index contributed by atoms with van der Waals surface area (Å²) in [7, 11) is 0.583. The molecule has 0 radical (unpaired) electrons. The van der Waals surface area contributed by atoms with E-state index in [0.717, 1.165) is 16.7 Å². The van der Waals surface area contributed by atoms with Crippen LogP contribution >= 0.6 is 0 Å². The predicted octanol–water partition coefficient (Wildman–Crippen LogP) is 2.62. The Morgan fingerprint density at radius 3 is 2.59 bits per heavy atom. The van der Waals surface area contributed by atoms with Gasteiger partial charge in [-0.15, -0.1) is 0 Å². The molecule has 116 valence electrons. The number of aromatic nitrogens is 1. The summed E-state index contributed by atoms with van der Waals surface area (Å²) in [6.45, 7) is 0.356. The number of halogens is 1. The molecule has 0 bridgehead atoms. The molecule has 22 heavy (non-hydrogen) atoms. The topological polar surface area (TPSA) is 62.3 Å². The Balaban J connectivity index is 1.99. The van der Waals surface area contributed by atoms with Crippen molar-refractivity contribution in [3.05, 3.63) is 54.1 Å². The van der Waals surface area contributed by atoms with Crippen LogP contribution in [0.15, 0.2) is 47.6 Å². The lowest BCUT2D eigenvalue weighted by Crippen LogP contribution is -2.31. The van der Waals surface area contributed by atoms with E-state index in [-0.39, 0.29) is 5.69 Å². The highest BCUT2D eigenvalue weighted by Gasteiger charge is 2.12. The van der Waals surface area contributed by atoms with E-state index >= 15 is 0 Å². The Bertz CT molecular complexity index is 691. The van der Waals surface area contributed by atoms with Gasteiger partial charge < -0.3 is 10.2 Å². The van der Waals surface area contributed by atoms with E-state index in [4.69, 9.17) is 0 Å². The molecule has 1 unspecified atom stereocenters. The van der Waals surface area contributed by atoms with Gasteiger partial charge >= 0.3 is 6.03 Å². The summed E-state index contributed by atoms with van der Waals surface area (Å²) in [5.41, 5.74) is 0.977. The number of nitrogens with zero attached hydrogens (tertiary/aromatic N) is 2. The van der Waals surface area contributed by atoms with Gasteiger partial charge in [0.25, 0.3) is 0 Å². The molecule has 7 heteroatoms. The summed E-state index contributed by atoms with van der Waals surface area (Å²) in [5, 5.41) is 2.48. The van der Waals surface area contributed by atoms with Gasteiger partial charge in [0.1, 0.15) is 0 Å². The molecule has 1 atom stereocenters. The first kappa shape index (κ1) is 16.1. The van der Waals surface area contributed by atoms with E-state index in [1.807, 2.05) is 12.1 Å². The highest BCUT2D eigenvalue weighted by molar-refractivity contribution is 7.84. The smallest absolute Gasteiger partial charge is 0.321 e. The summed E-state index contributed by atoms with van der Waals surface area (Å²) >= 11 is 0. The Labute approximate surface area is 130 Å². The van der Waals surface area contributed by atoms with E-state index in [2.05, 4.69) is 10.3 Å². The summed E-state index contributed by atoms with van der Waals surface area (Å²) in [4.78, 5) is 17.8. The van der Waals surface area contributed by atoms with Crippen LogP contribution in [-0.2, 0) is 17.3 Å². The molecule has 2 aromatic rings. The van der Waals surface area contributed by atoms with Crippen molar-refractivity contribution in [2.45, 2.75) is 11.4 Å². The molecule has 0 saturated heterocycles. The Kier molecular flexibility index (Phi) is 5.21. The second-order valence-corrected chi connectivity index (χ2v) is 6.12. The number of urea groups is 1. The van der Waals surface area contributed by atoms with Crippen LogP contribution in [0.3, 0.4) is 0 Å². The van der Waals surface area contributed by atoms with Gasteiger partial charge in [-0.1, -0.05) is 12.1 Å². The number of carbonyl (C=O) groups excluding carboxylic acids is 1. The largest absolute Gasteiger partial charge is 0.323 e. The minimum absolute atomic E-state index is 0.0866. The lowest BCUT2D eigenvalue weighted by atomic mass is 10.2. The summed E-state index contributed by atoms with van der Waals surface area (Å²) in [5.74, 6) is -0.584. The van der Waals surface area contributed by atoms with E-state index in [9.17, 15) is 13.4 Å². The number of carbonyl (C=O) groups is 1. The average Bonchev–Trinajstić information content (AvgIpc) is 2.50. The maximum atomic E-state index is 13.4. The van der Waals surface area contributed by atoms with Gasteiger partial charge in [-0.25, -0.2) is 9.18 Å². The van der Waals surface area contributed by atoms with Gasteiger partial charge in [0, 0.05) is 41.7 Å². The molecule has 1 N–H and O–H groups in total. The third-order valence-electron chi connectivity index (χ3n) is 3.04. The van der Waals surface area contributed by atoms with E-state index in [0.29, 0.717) is 6.54 Å². The summed E-state index contributed by atoms with van der Waals surface area (Å²) in [6.07, 6.45) is 4.05. The summed E-state index contributed by atoms with van der Waals surface area (Å²) < 4.78 is 24.8. The van der Waals surface area contributed by atoms with Gasteiger partial charge in [-0.2, -0.15) is 0 Å². The van der Waals surface area contributed by atoms with E-state index in [1.54, 1.807) is 25.4 Å². The molecule has 0 spiro atoms. The molecule has 0 fully saturated rings. The number of pyridine rings is 1. The molecule has 0 saturated carbocycles. The first-order valence-corrected chi connectivity index (χ1v) is 8.07. The second-order valence-electron chi connectivity index (χ2n) is 4.74. The van der Waals surface area contributed by atoms with Crippen LogP contribution in [0.25, 0.3) is 0 Å². The highest BCUT2D eigenvalue weighted by atomic mass is 32.2. The minimum Gasteiger partial charge on any atom is -0.323 e. The average molecular weight is 321 g/mol. The zero-order chi connectivity index (χ0) is 16.1. The third kappa shape index (κ3) is 4.11. The van der Waals surface area contributed by atoms with Gasteiger partial charge in [-0.05, 0) is 23.8 Å². The second kappa shape index (κ2) is 7.13. The van der Waals surface area contributed by atoms with Crippen LogP contribution in [0, 0.1) is 5.82 Å². The number of amides is 2. The van der Waals surface area contributed by atoms with Crippen molar-refractivity contribution in [2.24, 2.45) is 0 Å². The first-order chi connectivity index (χ1) is 10.5. The molecule has 5 nitrogen and oxygen atoms in total. The van der Waals surface area contributed by atoms with Crippen LogP contribution in [0.5, 0.6) is 0 Å². The van der Waals surface area contributed by atoms with Gasteiger partial charge in [-0.3, -0.25) is 9.19 Å². The fourth-order valence-electron chi connectivity index (χ4n) is 1.82. The van der Waals surface area contributed by atoms with Gasteiger partial charge in [0.15, 0.2) is 5.82 Å². The van der Waals surface area contributed by atoms with Gasteiger partial charge in [0.05, 0.1) is 11.9 Å². The fraction of sp³-hybridized carbons (Fsp3) is 0.200. The number of nitrogens with one attached hydrogen (secondary N) is 1. The first-order valence-electron chi connectivity index (χ1n) is 6.51. The fourth-order valence-corrected chi connectivity index (χ4v) is 2.34. The van der Waals surface area contributed by atoms with Crippen molar-refractivity contribution in [1.82, 2.24) is 9.88 Å². The summed E-state index contributed by atoms with van der Waals surface area (Å²) in [6, 6.07) is 8.13. The van der Waals surface area contributed by atoms with Gasteiger partial charge in [0.2, 0.25) is 0 Å². The number of anilines is 1. The Hall–Kier alpha value is -2.28. The molecular weight excluding hydrogens is 305 g/mol. The molecule has 1 aromatic carbocycles. The van der Waals surface area contributed by atoms with Crippen LogP contribution in [0.4, 0.5) is 14.9 Å². The maximum absolute atomic E-state index is 13.4. The van der Waals surface area contributed by atoms with Crippen molar-refractivity contribution in [1.29, 1.82) is 0 Å². The SMILES string of the molecule is CN(Cc1ccc(S(C)=O)cc1)C(=O)Nc1ccncc1F. The van der Waals surface area contributed by atoms with Crippen molar-refractivity contribution in [2.75, 3.05) is 18.6 Å². The number of hydrogen-bond acceptors (Lipinski definition) is 3.